The standard InChI is InChI=1S/C24H22F2N8O/c1-4-17(30-21-15(11-27)20(29-3)32-24(28)33-21)22-31-18-7-5-6-16(26)19(18)23(35)34(22)14-9-12(2)8-13(25)10-14/h5-10,17H,4H2,1-3H3,(H4,28,29,30,32,33). The van der Waals surface area contributed by atoms with Crippen LogP contribution in [0.2, 0.25) is 0 Å². The molecule has 4 aromatic rings. The zero-order valence-corrected chi connectivity index (χ0v) is 19.2. The van der Waals surface area contributed by atoms with Gasteiger partial charge in [-0.05, 0) is 49.2 Å². The highest BCUT2D eigenvalue weighted by Gasteiger charge is 2.24. The molecule has 11 heteroatoms. The van der Waals surface area contributed by atoms with Crippen LogP contribution in [0.1, 0.15) is 36.3 Å². The summed E-state index contributed by atoms with van der Waals surface area (Å²) in [5, 5.41) is 15.4. The van der Waals surface area contributed by atoms with E-state index in [0.29, 0.717) is 12.0 Å². The van der Waals surface area contributed by atoms with E-state index in [-0.39, 0.29) is 45.6 Å². The van der Waals surface area contributed by atoms with Gasteiger partial charge in [-0.2, -0.15) is 15.2 Å². The number of hydrogen-bond acceptors (Lipinski definition) is 8. The van der Waals surface area contributed by atoms with E-state index in [4.69, 9.17) is 5.73 Å². The number of nitrogens with zero attached hydrogens (tertiary/aromatic N) is 5. The number of nitrogens with two attached hydrogens (primary N) is 1. The number of nitrogens with one attached hydrogen (secondary N) is 2. The highest BCUT2D eigenvalue weighted by molar-refractivity contribution is 5.79. The lowest BCUT2D eigenvalue weighted by molar-refractivity contribution is 0.618. The summed E-state index contributed by atoms with van der Waals surface area (Å²) in [7, 11) is 1.59. The molecule has 0 aliphatic carbocycles. The smallest absolute Gasteiger partial charge is 0.269 e. The van der Waals surface area contributed by atoms with Crippen LogP contribution in [-0.4, -0.2) is 26.6 Å². The second kappa shape index (κ2) is 9.34. The van der Waals surface area contributed by atoms with Gasteiger partial charge in [-0.15, -0.1) is 0 Å². The van der Waals surface area contributed by atoms with Crippen LogP contribution in [0.5, 0.6) is 0 Å². The predicted octanol–water partition coefficient (Wildman–Crippen LogP) is 3.82. The van der Waals surface area contributed by atoms with Crippen molar-refractivity contribution in [3.8, 4) is 11.8 Å². The number of fused-ring (bicyclic) bond motifs is 1. The van der Waals surface area contributed by atoms with Crippen LogP contribution in [0.25, 0.3) is 16.6 Å². The molecule has 2 aromatic carbocycles. The number of nitrogen functional groups attached to an aromatic ring is 1. The monoisotopic (exact) mass is 476 g/mol. The van der Waals surface area contributed by atoms with Crippen molar-refractivity contribution < 1.29 is 8.78 Å². The molecular formula is C24H22F2N8O. The lowest BCUT2D eigenvalue weighted by Gasteiger charge is -2.23. The van der Waals surface area contributed by atoms with E-state index in [2.05, 4.69) is 25.6 Å². The molecule has 0 bridgehead atoms. The minimum absolute atomic E-state index is 0.0719. The number of aromatic nitrogens is 4. The van der Waals surface area contributed by atoms with Gasteiger partial charge in [-0.25, -0.2) is 13.8 Å². The molecule has 0 amide bonds. The van der Waals surface area contributed by atoms with Crippen molar-refractivity contribution in [2.45, 2.75) is 26.3 Å². The fourth-order valence-electron chi connectivity index (χ4n) is 3.92. The Bertz CT molecular complexity index is 1520. The molecule has 0 spiro atoms. The Hall–Kier alpha value is -4.59. The van der Waals surface area contributed by atoms with Crippen molar-refractivity contribution in [1.82, 2.24) is 19.5 Å². The number of rotatable bonds is 6. The molecule has 4 rings (SSSR count). The average molecular weight is 476 g/mol. The van der Waals surface area contributed by atoms with Crippen LogP contribution in [-0.2, 0) is 0 Å². The molecule has 0 aliphatic heterocycles. The van der Waals surface area contributed by atoms with Crippen LogP contribution < -0.4 is 21.9 Å². The minimum Gasteiger partial charge on any atom is -0.372 e. The van der Waals surface area contributed by atoms with E-state index in [1.807, 2.05) is 13.0 Å². The second-order valence-corrected chi connectivity index (χ2v) is 7.85. The van der Waals surface area contributed by atoms with Crippen molar-refractivity contribution in [2.24, 2.45) is 0 Å². The molecule has 0 fully saturated rings. The van der Waals surface area contributed by atoms with E-state index < -0.39 is 23.2 Å². The van der Waals surface area contributed by atoms with E-state index in [1.165, 1.54) is 34.9 Å². The summed E-state index contributed by atoms with van der Waals surface area (Å²) in [4.78, 5) is 26.3. The van der Waals surface area contributed by atoms with E-state index in [9.17, 15) is 18.8 Å². The molecule has 2 heterocycles. The maximum atomic E-state index is 14.7. The summed E-state index contributed by atoms with van der Waals surface area (Å²) in [6.07, 6.45) is 0.380. The Kier molecular flexibility index (Phi) is 6.29. The number of halogens is 2. The number of nitriles is 1. The summed E-state index contributed by atoms with van der Waals surface area (Å²) in [6.45, 7) is 3.51. The van der Waals surface area contributed by atoms with Gasteiger partial charge in [-0.3, -0.25) is 9.36 Å². The molecular weight excluding hydrogens is 454 g/mol. The highest BCUT2D eigenvalue weighted by Crippen LogP contribution is 2.28. The van der Waals surface area contributed by atoms with Crippen LogP contribution in [0, 0.1) is 29.9 Å². The van der Waals surface area contributed by atoms with Crippen molar-refractivity contribution >= 4 is 28.5 Å². The zero-order chi connectivity index (χ0) is 25.3. The molecule has 178 valence electrons. The SMILES string of the molecule is CCC(Nc1nc(N)nc(NC)c1C#N)c1nc2cccc(F)c2c(=O)n1-c1cc(C)cc(F)c1. The Morgan fingerprint density at radius 1 is 1.17 bits per heavy atom. The van der Waals surface area contributed by atoms with Gasteiger partial charge in [0.05, 0.1) is 17.2 Å². The van der Waals surface area contributed by atoms with Crippen molar-refractivity contribution in [3.05, 3.63) is 75.3 Å². The summed E-state index contributed by atoms with van der Waals surface area (Å²) in [5.41, 5.74) is 6.15. The van der Waals surface area contributed by atoms with Gasteiger partial charge in [-0.1, -0.05) is 13.0 Å². The summed E-state index contributed by atoms with van der Waals surface area (Å²) in [6, 6.07) is 9.61. The molecule has 0 aliphatic rings. The van der Waals surface area contributed by atoms with Crippen molar-refractivity contribution in [3.63, 3.8) is 0 Å². The maximum Gasteiger partial charge on any atom is 0.269 e. The number of aryl methyl sites for hydroxylation is 1. The number of benzene rings is 2. The first kappa shape index (κ1) is 23.6. The average Bonchev–Trinajstić information content (AvgIpc) is 2.81. The topological polar surface area (TPSA) is 135 Å². The molecule has 35 heavy (non-hydrogen) atoms. The van der Waals surface area contributed by atoms with Crippen LogP contribution >= 0.6 is 0 Å². The van der Waals surface area contributed by atoms with Crippen LogP contribution in [0.4, 0.5) is 26.4 Å². The van der Waals surface area contributed by atoms with Crippen molar-refractivity contribution in [2.75, 3.05) is 23.4 Å². The molecule has 1 atom stereocenters. The van der Waals surface area contributed by atoms with Gasteiger partial charge < -0.3 is 16.4 Å². The largest absolute Gasteiger partial charge is 0.372 e. The Labute approximate surface area is 199 Å². The third kappa shape index (κ3) is 4.33. The molecule has 2 aromatic heterocycles. The van der Waals surface area contributed by atoms with Gasteiger partial charge in [0.15, 0.2) is 11.6 Å². The van der Waals surface area contributed by atoms with Gasteiger partial charge >= 0.3 is 0 Å². The second-order valence-electron chi connectivity index (χ2n) is 7.85. The molecule has 1 unspecified atom stereocenters. The third-order valence-electron chi connectivity index (χ3n) is 5.46. The van der Waals surface area contributed by atoms with Gasteiger partial charge in [0.1, 0.15) is 34.5 Å². The van der Waals surface area contributed by atoms with Gasteiger partial charge in [0, 0.05) is 7.05 Å². The summed E-state index contributed by atoms with van der Waals surface area (Å²) in [5.74, 6) is -0.814. The molecule has 0 saturated carbocycles. The van der Waals surface area contributed by atoms with Crippen LogP contribution in [0.15, 0.2) is 41.2 Å². The van der Waals surface area contributed by atoms with E-state index in [1.54, 1.807) is 20.0 Å². The minimum atomic E-state index is -0.733. The Morgan fingerprint density at radius 2 is 1.91 bits per heavy atom. The Morgan fingerprint density at radius 3 is 2.57 bits per heavy atom. The lowest BCUT2D eigenvalue weighted by Crippen LogP contribution is -2.29. The van der Waals surface area contributed by atoms with Gasteiger partial charge in [0.25, 0.3) is 5.56 Å². The number of anilines is 3. The van der Waals surface area contributed by atoms with Gasteiger partial charge in [0.2, 0.25) is 5.95 Å². The zero-order valence-electron chi connectivity index (χ0n) is 19.2. The summed E-state index contributed by atoms with van der Waals surface area (Å²) >= 11 is 0. The normalized spacial score (nSPS) is 11.8. The first-order chi connectivity index (χ1) is 16.8. The lowest BCUT2D eigenvalue weighted by atomic mass is 10.1. The maximum absolute atomic E-state index is 14.7. The molecule has 0 saturated heterocycles. The molecule has 4 N–H and O–H groups in total. The summed E-state index contributed by atoms with van der Waals surface area (Å²) < 4.78 is 30.2. The predicted molar refractivity (Wildman–Crippen MR) is 129 cm³/mol. The first-order valence-corrected chi connectivity index (χ1v) is 10.8. The fraction of sp³-hybridized carbons (Fsp3) is 0.208. The van der Waals surface area contributed by atoms with E-state index >= 15 is 0 Å². The highest BCUT2D eigenvalue weighted by atomic mass is 19.1. The van der Waals surface area contributed by atoms with Crippen LogP contribution in [0.3, 0.4) is 0 Å². The quantitative estimate of drug-likeness (QED) is 0.382. The molecule has 0 radical (unpaired) electrons. The van der Waals surface area contributed by atoms with E-state index in [0.717, 1.165) is 0 Å². The number of hydrogen-bond donors (Lipinski definition) is 3. The Balaban J connectivity index is 2.00. The molecule has 9 nitrogen and oxygen atoms in total. The van der Waals surface area contributed by atoms with Crippen molar-refractivity contribution in [1.29, 1.82) is 5.26 Å². The first-order valence-electron chi connectivity index (χ1n) is 10.8. The third-order valence-corrected chi connectivity index (χ3v) is 5.46. The fourth-order valence-corrected chi connectivity index (χ4v) is 3.92.